The highest BCUT2D eigenvalue weighted by Gasteiger charge is 2.15. The van der Waals surface area contributed by atoms with Crippen LogP contribution in [0.2, 0.25) is 0 Å². The van der Waals surface area contributed by atoms with Gasteiger partial charge in [-0.2, -0.15) is 4.68 Å². The fraction of sp³-hybridized carbons (Fsp3) is 0.500. The Balaban J connectivity index is 2.07. The number of aryl methyl sites for hydroxylation is 1. The van der Waals surface area contributed by atoms with Crippen molar-refractivity contribution >= 4 is 17.7 Å². The van der Waals surface area contributed by atoms with Crippen LogP contribution in [0.25, 0.3) is 5.69 Å². The van der Waals surface area contributed by atoms with Crippen molar-refractivity contribution in [2.24, 2.45) is 5.92 Å². The van der Waals surface area contributed by atoms with Crippen LogP contribution in [0.1, 0.15) is 31.9 Å². The van der Waals surface area contributed by atoms with Crippen molar-refractivity contribution in [2.75, 3.05) is 5.75 Å². The molecule has 0 aliphatic carbocycles. The zero-order valence-electron chi connectivity index (χ0n) is 14.2. The minimum Gasteiger partial charge on any atom is -0.353 e. The first-order chi connectivity index (χ1) is 10.9. The molecule has 7 heteroatoms. The van der Waals surface area contributed by atoms with Gasteiger partial charge in [0.05, 0.1) is 11.4 Å². The smallest absolute Gasteiger partial charge is 0.230 e. The summed E-state index contributed by atoms with van der Waals surface area (Å²) in [5.74, 6) is 0.693. The number of benzene rings is 1. The normalized spacial score (nSPS) is 12.4. The van der Waals surface area contributed by atoms with Gasteiger partial charge in [0, 0.05) is 6.04 Å². The fourth-order valence-electron chi connectivity index (χ4n) is 1.98. The zero-order valence-corrected chi connectivity index (χ0v) is 15.0. The van der Waals surface area contributed by atoms with Gasteiger partial charge in [0.1, 0.15) is 0 Å². The van der Waals surface area contributed by atoms with E-state index in [0.29, 0.717) is 16.8 Å². The molecule has 0 aliphatic rings. The number of nitrogens with one attached hydrogen (secondary N) is 1. The predicted octanol–water partition coefficient (Wildman–Crippen LogP) is 2.53. The van der Waals surface area contributed by atoms with Gasteiger partial charge in [0.25, 0.3) is 0 Å². The van der Waals surface area contributed by atoms with Gasteiger partial charge < -0.3 is 5.32 Å². The molecule has 0 fully saturated rings. The van der Waals surface area contributed by atoms with Gasteiger partial charge in [0.2, 0.25) is 11.1 Å². The van der Waals surface area contributed by atoms with Crippen LogP contribution in [0.4, 0.5) is 0 Å². The van der Waals surface area contributed by atoms with E-state index in [1.165, 1.54) is 17.3 Å². The largest absolute Gasteiger partial charge is 0.353 e. The average Bonchev–Trinajstić information content (AvgIpc) is 2.96. The first-order valence-electron chi connectivity index (χ1n) is 7.67. The number of carbonyl (C=O) groups is 1. The number of amides is 1. The molecule has 2 aromatic rings. The number of rotatable bonds is 6. The van der Waals surface area contributed by atoms with E-state index in [2.05, 4.69) is 47.7 Å². The molecule has 1 heterocycles. The monoisotopic (exact) mass is 333 g/mol. The van der Waals surface area contributed by atoms with Gasteiger partial charge in [-0.1, -0.05) is 37.7 Å². The molecule has 2 rings (SSSR count). The lowest BCUT2D eigenvalue weighted by atomic mass is 10.1. The molecule has 124 valence electrons. The second-order valence-electron chi connectivity index (χ2n) is 5.98. The first kappa shape index (κ1) is 17.5. The van der Waals surface area contributed by atoms with Crippen LogP contribution in [0, 0.1) is 19.8 Å². The SMILES string of the molecule is Cc1cccc(-n2nnnc2SCC(=O)N[C@@H](C)C(C)C)c1C. The summed E-state index contributed by atoms with van der Waals surface area (Å²) in [5, 5.41) is 15.4. The Morgan fingerprint density at radius 2 is 2.04 bits per heavy atom. The van der Waals surface area contributed by atoms with E-state index < -0.39 is 0 Å². The number of carbonyl (C=O) groups excluding carboxylic acids is 1. The minimum atomic E-state index is -0.00767. The fourth-order valence-corrected chi connectivity index (χ4v) is 2.67. The molecule has 1 amide bonds. The lowest BCUT2D eigenvalue weighted by Crippen LogP contribution is -2.37. The molecular formula is C16H23N5OS. The summed E-state index contributed by atoms with van der Waals surface area (Å²) >= 11 is 1.34. The van der Waals surface area contributed by atoms with Crippen molar-refractivity contribution in [1.82, 2.24) is 25.5 Å². The van der Waals surface area contributed by atoms with Gasteiger partial charge in [-0.25, -0.2) is 0 Å². The minimum absolute atomic E-state index is 0.00767. The lowest BCUT2D eigenvalue weighted by Gasteiger charge is -2.17. The molecule has 0 bridgehead atoms. The van der Waals surface area contributed by atoms with Crippen LogP contribution >= 0.6 is 11.8 Å². The summed E-state index contributed by atoms with van der Waals surface area (Å²) in [7, 11) is 0. The number of tetrazole rings is 1. The second-order valence-corrected chi connectivity index (χ2v) is 6.92. The molecule has 1 atom stereocenters. The lowest BCUT2D eigenvalue weighted by molar-refractivity contribution is -0.119. The van der Waals surface area contributed by atoms with E-state index in [1.54, 1.807) is 4.68 Å². The number of hydrogen-bond donors (Lipinski definition) is 1. The number of hydrogen-bond acceptors (Lipinski definition) is 5. The molecule has 6 nitrogen and oxygen atoms in total. The summed E-state index contributed by atoms with van der Waals surface area (Å²) in [6, 6.07) is 6.16. The van der Waals surface area contributed by atoms with Crippen molar-refractivity contribution in [3.8, 4) is 5.69 Å². The molecule has 0 spiro atoms. The van der Waals surface area contributed by atoms with E-state index in [-0.39, 0.29) is 11.9 Å². The Morgan fingerprint density at radius 3 is 2.74 bits per heavy atom. The van der Waals surface area contributed by atoms with E-state index >= 15 is 0 Å². The quantitative estimate of drug-likeness (QED) is 0.823. The van der Waals surface area contributed by atoms with E-state index in [0.717, 1.165) is 11.3 Å². The molecule has 0 saturated heterocycles. The van der Waals surface area contributed by atoms with Gasteiger partial charge >= 0.3 is 0 Å². The van der Waals surface area contributed by atoms with Gasteiger partial charge in [-0.05, 0) is 54.3 Å². The third-order valence-electron chi connectivity index (χ3n) is 3.97. The van der Waals surface area contributed by atoms with Crippen LogP contribution in [-0.4, -0.2) is 37.9 Å². The van der Waals surface area contributed by atoms with Crippen LogP contribution < -0.4 is 5.32 Å². The molecule has 1 aromatic heterocycles. The van der Waals surface area contributed by atoms with Crippen LogP contribution in [-0.2, 0) is 4.79 Å². The summed E-state index contributed by atoms with van der Waals surface area (Å²) in [6.45, 7) is 10.3. The third kappa shape index (κ3) is 4.31. The Labute approximate surface area is 141 Å². The van der Waals surface area contributed by atoms with Crippen molar-refractivity contribution in [3.63, 3.8) is 0 Å². The number of thioether (sulfide) groups is 1. The molecule has 1 aromatic carbocycles. The molecule has 1 N–H and O–H groups in total. The highest BCUT2D eigenvalue weighted by molar-refractivity contribution is 7.99. The van der Waals surface area contributed by atoms with Crippen molar-refractivity contribution < 1.29 is 4.79 Å². The molecule has 23 heavy (non-hydrogen) atoms. The molecule has 0 radical (unpaired) electrons. The maximum absolute atomic E-state index is 12.0. The first-order valence-corrected chi connectivity index (χ1v) is 8.65. The molecule has 0 saturated carbocycles. The number of nitrogens with zero attached hydrogens (tertiary/aromatic N) is 4. The summed E-state index contributed by atoms with van der Waals surface area (Å²) in [5.41, 5.74) is 3.24. The highest BCUT2D eigenvalue weighted by Crippen LogP contribution is 2.22. The van der Waals surface area contributed by atoms with E-state index in [4.69, 9.17) is 0 Å². The van der Waals surface area contributed by atoms with Crippen molar-refractivity contribution in [2.45, 2.75) is 45.8 Å². The summed E-state index contributed by atoms with van der Waals surface area (Å²) in [6.07, 6.45) is 0. The van der Waals surface area contributed by atoms with Crippen LogP contribution in [0.3, 0.4) is 0 Å². The maximum Gasteiger partial charge on any atom is 0.230 e. The van der Waals surface area contributed by atoms with E-state index in [1.807, 2.05) is 26.0 Å². The number of aromatic nitrogens is 4. The van der Waals surface area contributed by atoms with Crippen LogP contribution in [0.15, 0.2) is 23.4 Å². The maximum atomic E-state index is 12.0. The summed E-state index contributed by atoms with van der Waals surface area (Å²) in [4.78, 5) is 12.0. The van der Waals surface area contributed by atoms with Crippen molar-refractivity contribution in [1.29, 1.82) is 0 Å². The second kappa shape index (κ2) is 7.59. The van der Waals surface area contributed by atoms with Crippen molar-refractivity contribution in [3.05, 3.63) is 29.3 Å². The van der Waals surface area contributed by atoms with E-state index in [9.17, 15) is 4.79 Å². The average molecular weight is 333 g/mol. The Bertz CT molecular complexity index is 683. The Hall–Kier alpha value is -1.89. The zero-order chi connectivity index (χ0) is 17.0. The summed E-state index contributed by atoms with van der Waals surface area (Å²) < 4.78 is 1.69. The molecular weight excluding hydrogens is 310 g/mol. The Morgan fingerprint density at radius 1 is 1.30 bits per heavy atom. The topological polar surface area (TPSA) is 72.7 Å². The third-order valence-corrected chi connectivity index (χ3v) is 4.89. The standard InChI is InChI=1S/C16H23N5OS/c1-10(2)13(5)17-15(22)9-23-16-18-19-20-21(16)14-8-6-7-11(3)12(14)4/h6-8,10,13H,9H2,1-5H3,(H,17,22)/t13-/m0/s1. The molecule has 0 aliphatic heterocycles. The van der Waals surface area contributed by atoms with Gasteiger partial charge in [0.15, 0.2) is 0 Å². The highest BCUT2D eigenvalue weighted by atomic mass is 32.2. The van der Waals surface area contributed by atoms with Gasteiger partial charge in [-0.3, -0.25) is 4.79 Å². The Kier molecular flexibility index (Phi) is 5.76. The van der Waals surface area contributed by atoms with Gasteiger partial charge in [-0.15, -0.1) is 5.10 Å². The molecule has 0 unspecified atom stereocenters. The predicted molar refractivity (Wildman–Crippen MR) is 91.8 cm³/mol. The van der Waals surface area contributed by atoms with Crippen LogP contribution in [0.5, 0.6) is 0 Å².